The first-order valence-electron chi connectivity index (χ1n) is 13.1. The van der Waals surface area contributed by atoms with Crippen molar-refractivity contribution in [3.8, 4) is 0 Å². The van der Waals surface area contributed by atoms with Crippen LogP contribution in [0.25, 0.3) is 0 Å². The second kappa shape index (κ2) is 10.5. The van der Waals surface area contributed by atoms with Gasteiger partial charge in [-0.15, -0.1) is 0 Å². The molecule has 4 heteroatoms. The molecule has 0 radical (unpaired) electrons. The van der Waals surface area contributed by atoms with Crippen molar-refractivity contribution in [1.82, 2.24) is 4.90 Å². The van der Waals surface area contributed by atoms with Gasteiger partial charge in [-0.2, -0.15) is 0 Å². The van der Waals surface area contributed by atoms with Gasteiger partial charge in [0.15, 0.2) is 0 Å². The van der Waals surface area contributed by atoms with Crippen molar-refractivity contribution in [2.75, 3.05) is 19.6 Å². The molecule has 0 spiro atoms. The third-order valence-corrected chi connectivity index (χ3v) is 9.35. The fourth-order valence-electron chi connectivity index (χ4n) is 7.30. The molecular formula is C28H43F2NO. The van der Waals surface area contributed by atoms with E-state index in [1.807, 2.05) is 0 Å². The molecule has 4 fully saturated rings. The Hall–Kier alpha value is -1.00. The van der Waals surface area contributed by atoms with Crippen LogP contribution in [-0.4, -0.2) is 42.2 Å². The number of nitrogens with zero attached hydrogens (tertiary/aromatic N) is 1. The van der Waals surface area contributed by atoms with Crippen LogP contribution in [0.5, 0.6) is 0 Å². The van der Waals surface area contributed by atoms with E-state index in [1.54, 1.807) is 5.57 Å². The maximum absolute atomic E-state index is 12.5. The minimum absolute atomic E-state index is 0.0679. The van der Waals surface area contributed by atoms with Gasteiger partial charge >= 0.3 is 0 Å². The minimum Gasteiger partial charge on any atom is -0.388 e. The third-order valence-electron chi connectivity index (χ3n) is 9.35. The van der Waals surface area contributed by atoms with Gasteiger partial charge in [-0.1, -0.05) is 31.2 Å². The van der Waals surface area contributed by atoms with Crippen LogP contribution in [0.15, 0.2) is 35.5 Å². The average molecular weight is 448 g/mol. The Morgan fingerprint density at radius 2 is 1.97 bits per heavy atom. The van der Waals surface area contributed by atoms with Crippen LogP contribution in [0.2, 0.25) is 0 Å². The van der Waals surface area contributed by atoms with Gasteiger partial charge in [0, 0.05) is 13.0 Å². The van der Waals surface area contributed by atoms with E-state index in [2.05, 4.69) is 30.6 Å². The van der Waals surface area contributed by atoms with E-state index in [4.69, 9.17) is 0 Å². The molecule has 3 saturated carbocycles. The fourth-order valence-corrected chi connectivity index (χ4v) is 7.30. The van der Waals surface area contributed by atoms with E-state index >= 15 is 0 Å². The number of rotatable bonds is 7. The first kappa shape index (κ1) is 24.1. The number of halogens is 2. The molecule has 5 unspecified atom stereocenters. The number of likely N-dealkylation sites (tertiary alicyclic amines) is 1. The zero-order valence-corrected chi connectivity index (χ0v) is 20.0. The maximum Gasteiger partial charge on any atom is 0.238 e. The highest BCUT2D eigenvalue weighted by atomic mass is 19.3. The van der Waals surface area contributed by atoms with Crippen LogP contribution in [0, 0.1) is 23.2 Å². The lowest BCUT2D eigenvalue weighted by molar-refractivity contribution is 0.117. The molecule has 5 atom stereocenters. The SMILES string of the molecule is C=C1/C(=C\C=C2/CCCC3(C)C(CCN4CCC(CCC(F)F)C4)CCC23)CCCC1O. The molecule has 0 bridgehead atoms. The predicted octanol–water partition coefficient (Wildman–Crippen LogP) is 6.91. The molecule has 2 nitrogen and oxygen atoms in total. The zero-order chi connectivity index (χ0) is 22.7. The van der Waals surface area contributed by atoms with E-state index in [9.17, 15) is 13.9 Å². The maximum atomic E-state index is 12.5. The largest absolute Gasteiger partial charge is 0.388 e. The van der Waals surface area contributed by atoms with Gasteiger partial charge in [-0.3, -0.25) is 0 Å². The van der Waals surface area contributed by atoms with Crippen LogP contribution in [0.1, 0.15) is 84.0 Å². The highest BCUT2D eigenvalue weighted by Gasteiger charge is 2.48. The Morgan fingerprint density at radius 3 is 2.78 bits per heavy atom. The average Bonchev–Trinajstić information content (AvgIpc) is 3.35. The Bertz CT molecular complexity index is 729. The monoisotopic (exact) mass is 447 g/mol. The zero-order valence-electron chi connectivity index (χ0n) is 20.0. The first-order valence-corrected chi connectivity index (χ1v) is 13.1. The fraction of sp³-hybridized carbons (Fsp3) is 0.786. The minimum atomic E-state index is -2.15. The molecule has 0 aromatic rings. The molecule has 4 rings (SSSR count). The second-order valence-electron chi connectivity index (χ2n) is 11.3. The van der Waals surface area contributed by atoms with Crippen LogP contribution < -0.4 is 0 Å². The van der Waals surface area contributed by atoms with Crippen molar-refractivity contribution < 1.29 is 13.9 Å². The predicted molar refractivity (Wildman–Crippen MR) is 128 cm³/mol. The van der Waals surface area contributed by atoms with Gasteiger partial charge in [0.1, 0.15) is 0 Å². The summed E-state index contributed by atoms with van der Waals surface area (Å²) in [6, 6.07) is 0. The number of aliphatic hydroxyl groups is 1. The molecule has 3 aliphatic carbocycles. The molecule has 1 saturated heterocycles. The van der Waals surface area contributed by atoms with Gasteiger partial charge in [0.05, 0.1) is 6.10 Å². The van der Waals surface area contributed by atoms with E-state index in [-0.39, 0.29) is 12.5 Å². The van der Waals surface area contributed by atoms with Crippen LogP contribution in [-0.2, 0) is 0 Å². The number of allylic oxidation sites excluding steroid dienone is 3. The summed E-state index contributed by atoms with van der Waals surface area (Å²) in [6.45, 7) is 9.92. The Kier molecular flexibility index (Phi) is 7.93. The lowest BCUT2D eigenvalue weighted by Crippen LogP contribution is -2.35. The highest BCUT2D eigenvalue weighted by molar-refractivity contribution is 5.37. The van der Waals surface area contributed by atoms with Crippen molar-refractivity contribution in [2.45, 2.75) is 96.5 Å². The van der Waals surface area contributed by atoms with E-state index < -0.39 is 6.43 Å². The quantitative estimate of drug-likeness (QED) is 0.458. The molecule has 4 aliphatic rings. The molecule has 1 N–H and O–H groups in total. The second-order valence-corrected chi connectivity index (χ2v) is 11.3. The van der Waals surface area contributed by atoms with Gasteiger partial charge in [-0.05, 0) is 118 Å². The summed E-state index contributed by atoms with van der Waals surface area (Å²) >= 11 is 0. The summed E-state index contributed by atoms with van der Waals surface area (Å²) < 4.78 is 25.1. The van der Waals surface area contributed by atoms with Crippen LogP contribution >= 0.6 is 0 Å². The van der Waals surface area contributed by atoms with Gasteiger partial charge < -0.3 is 10.0 Å². The summed E-state index contributed by atoms with van der Waals surface area (Å²) in [6.07, 6.45) is 14.6. The number of aliphatic hydroxyl groups excluding tert-OH is 1. The Morgan fingerprint density at radius 1 is 1.12 bits per heavy atom. The number of alkyl halides is 2. The lowest BCUT2D eigenvalue weighted by Gasteiger charge is -2.43. The molecule has 0 aromatic carbocycles. The summed E-state index contributed by atoms with van der Waals surface area (Å²) in [4.78, 5) is 2.54. The van der Waals surface area contributed by atoms with Gasteiger partial charge in [-0.25, -0.2) is 8.78 Å². The van der Waals surface area contributed by atoms with Crippen molar-refractivity contribution >= 4 is 0 Å². The summed E-state index contributed by atoms with van der Waals surface area (Å²) in [5, 5.41) is 10.1. The molecular weight excluding hydrogens is 404 g/mol. The van der Waals surface area contributed by atoms with Crippen LogP contribution in [0.4, 0.5) is 8.78 Å². The Labute approximate surface area is 193 Å². The topological polar surface area (TPSA) is 23.5 Å². The first-order chi connectivity index (χ1) is 15.4. The molecule has 1 aliphatic heterocycles. The normalized spacial score (nSPS) is 38.8. The summed E-state index contributed by atoms with van der Waals surface area (Å²) in [5.41, 5.74) is 4.19. The number of fused-ring (bicyclic) bond motifs is 1. The Balaban J connectivity index is 1.33. The molecule has 0 aromatic heterocycles. The highest BCUT2D eigenvalue weighted by Crippen LogP contribution is 2.58. The van der Waals surface area contributed by atoms with Crippen molar-refractivity contribution in [2.24, 2.45) is 23.2 Å². The number of hydrogen-bond acceptors (Lipinski definition) is 2. The van der Waals surface area contributed by atoms with Gasteiger partial charge in [0.2, 0.25) is 6.43 Å². The van der Waals surface area contributed by atoms with E-state index in [0.717, 1.165) is 56.8 Å². The summed E-state index contributed by atoms with van der Waals surface area (Å²) in [7, 11) is 0. The van der Waals surface area contributed by atoms with Crippen molar-refractivity contribution in [1.29, 1.82) is 0 Å². The van der Waals surface area contributed by atoms with Crippen molar-refractivity contribution in [3.63, 3.8) is 0 Å². The lowest BCUT2D eigenvalue weighted by atomic mass is 9.63. The van der Waals surface area contributed by atoms with Gasteiger partial charge in [0.25, 0.3) is 0 Å². The van der Waals surface area contributed by atoms with E-state index in [0.29, 0.717) is 23.7 Å². The number of hydrogen-bond donors (Lipinski definition) is 1. The van der Waals surface area contributed by atoms with E-state index in [1.165, 1.54) is 44.1 Å². The molecule has 0 amide bonds. The smallest absolute Gasteiger partial charge is 0.238 e. The standard InChI is InChI=1S/C28H43F2NO/c1-20-22(5-3-7-26(20)32)9-10-23-6-4-16-28(2)24(11-12-25(23)28)15-18-31-17-14-21(19-31)8-13-27(29)30/h9-10,21,24-27,32H,1,3-8,11-19H2,2H3/b22-9-,23-10+. The third kappa shape index (κ3) is 5.38. The summed E-state index contributed by atoms with van der Waals surface area (Å²) in [5.74, 6) is 1.94. The van der Waals surface area contributed by atoms with Crippen molar-refractivity contribution in [3.05, 3.63) is 35.5 Å². The molecule has 1 heterocycles. The molecule has 32 heavy (non-hydrogen) atoms. The molecule has 180 valence electrons. The van der Waals surface area contributed by atoms with Crippen LogP contribution in [0.3, 0.4) is 0 Å².